The number of hydrogen-bond acceptors (Lipinski definition) is 1. The summed E-state index contributed by atoms with van der Waals surface area (Å²) in [5.74, 6) is 0. The van der Waals surface area contributed by atoms with E-state index < -0.39 is 0 Å². The fourth-order valence-corrected chi connectivity index (χ4v) is 2.18. The molecule has 0 amide bonds. The van der Waals surface area contributed by atoms with E-state index in [0.29, 0.717) is 0 Å². The Morgan fingerprint density at radius 3 is 2.75 bits per heavy atom. The molecule has 1 aromatic carbocycles. The van der Waals surface area contributed by atoms with Gasteiger partial charge in [0, 0.05) is 15.7 Å². The first-order valence-corrected chi connectivity index (χ1v) is 5.99. The quantitative estimate of drug-likeness (QED) is 0.903. The number of benzene rings is 1. The molecule has 0 spiro atoms. The fraction of sp³-hybridized carbons (Fsp3) is 0.250. The highest BCUT2D eigenvalue weighted by molar-refractivity contribution is 9.10. The second-order valence-corrected chi connectivity index (χ2v) is 4.61. The summed E-state index contributed by atoms with van der Waals surface area (Å²) >= 11 is 3.40. The van der Waals surface area contributed by atoms with Gasteiger partial charge >= 0.3 is 0 Å². The summed E-state index contributed by atoms with van der Waals surface area (Å²) in [7, 11) is 0. The van der Waals surface area contributed by atoms with E-state index in [9.17, 15) is 4.79 Å². The largest absolute Gasteiger partial charge is 0.295 e. The van der Waals surface area contributed by atoms with E-state index in [-0.39, 0.29) is 5.56 Å². The molecule has 2 rings (SSSR count). The lowest BCUT2D eigenvalue weighted by atomic mass is 10.2. The maximum atomic E-state index is 12.0. The minimum atomic E-state index is 0.0399. The first-order valence-electron chi connectivity index (χ1n) is 5.20. The van der Waals surface area contributed by atoms with Crippen LogP contribution in [0.4, 0.5) is 0 Å². The van der Waals surface area contributed by atoms with Crippen molar-refractivity contribution in [1.29, 1.82) is 0 Å². The monoisotopic (exact) mass is 280 g/mol. The number of aromatic nitrogens is 2. The highest BCUT2D eigenvalue weighted by atomic mass is 79.9. The van der Waals surface area contributed by atoms with Crippen molar-refractivity contribution in [2.75, 3.05) is 0 Å². The molecule has 1 heterocycles. The normalized spacial score (nSPS) is 10.7. The van der Waals surface area contributed by atoms with Crippen molar-refractivity contribution in [3.8, 4) is 5.69 Å². The van der Waals surface area contributed by atoms with Crippen molar-refractivity contribution in [3.05, 3.63) is 50.3 Å². The lowest BCUT2D eigenvalue weighted by Gasteiger charge is -2.01. The van der Waals surface area contributed by atoms with Crippen LogP contribution < -0.4 is 5.56 Å². The molecule has 3 nitrogen and oxygen atoms in total. The van der Waals surface area contributed by atoms with Crippen molar-refractivity contribution in [1.82, 2.24) is 9.78 Å². The van der Waals surface area contributed by atoms with Gasteiger partial charge in [0.15, 0.2) is 0 Å². The number of rotatable bonds is 2. The molecule has 0 unspecified atom stereocenters. The van der Waals surface area contributed by atoms with Crippen LogP contribution in [0.5, 0.6) is 0 Å². The Morgan fingerprint density at radius 2 is 2.19 bits per heavy atom. The Labute approximate surface area is 102 Å². The molecule has 0 saturated carbocycles. The number of H-pyrrole nitrogens is 1. The summed E-state index contributed by atoms with van der Waals surface area (Å²) in [6, 6.07) is 7.66. The lowest BCUT2D eigenvalue weighted by Crippen LogP contribution is -2.16. The van der Waals surface area contributed by atoms with Gasteiger partial charge in [-0.05, 0) is 31.5 Å². The molecular weight excluding hydrogens is 268 g/mol. The van der Waals surface area contributed by atoms with Gasteiger partial charge in [-0.2, -0.15) is 0 Å². The molecule has 2 aromatic rings. The van der Waals surface area contributed by atoms with Gasteiger partial charge in [0.2, 0.25) is 0 Å². The standard InChI is InChI=1S/C12H13BrN2O/c1-3-11-8(2)14-15(12(11)16)10-6-4-5-9(13)7-10/h4-7,14H,3H2,1-2H3. The molecule has 0 saturated heterocycles. The van der Waals surface area contributed by atoms with E-state index in [1.807, 2.05) is 38.1 Å². The van der Waals surface area contributed by atoms with Gasteiger partial charge in [0.05, 0.1) is 5.69 Å². The zero-order valence-electron chi connectivity index (χ0n) is 9.25. The summed E-state index contributed by atoms with van der Waals surface area (Å²) in [4.78, 5) is 12.0. The SMILES string of the molecule is CCc1c(C)[nH]n(-c2cccc(Br)c2)c1=O. The molecule has 0 aliphatic rings. The van der Waals surface area contributed by atoms with E-state index in [1.54, 1.807) is 4.68 Å². The van der Waals surface area contributed by atoms with Gasteiger partial charge in [0.1, 0.15) is 0 Å². The van der Waals surface area contributed by atoms with E-state index in [0.717, 1.165) is 27.8 Å². The van der Waals surface area contributed by atoms with Crippen LogP contribution in [0.2, 0.25) is 0 Å². The van der Waals surface area contributed by atoms with Gasteiger partial charge in [-0.15, -0.1) is 0 Å². The summed E-state index contributed by atoms with van der Waals surface area (Å²) < 4.78 is 2.54. The number of aromatic amines is 1. The Hall–Kier alpha value is -1.29. The van der Waals surface area contributed by atoms with E-state index in [4.69, 9.17) is 0 Å². The van der Waals surface area contributed by atoms with Crippen LogP contribution in [0.1, 0.15) is 18.2 Å². The molecule has 4 heteroatoms. The van der Waals surface area contributed by atoms with Crippen LogP contribution in [0.25, 0.3) is 5.69 Å². The first-order chi connectivity index (χ1) is 7.63. The van der Waals surface area contributed by atoms with Crippen molar-refractivity contribution in [3.63, 3.8) is 0 Å². The molecule has 0 bridgehead atoms. The Morgan fingerprint density at radius 1 is 1.44 bits per heavy atom. The zero-order chi connectivity index (χ0) is 11.7. The Kier molecular flexibility index (Phi) is 3.01. The number of nitrogens with one attached hydrogen (secondary N) is 1. The Bertz CT molecular complexity index is 569. The van der Waals surface area contributed by atoms with Crippen LogP contribution in [0, 0.1) is 6.92 Å². The fourth-order valence-electron chi connectivity index (χ4n) is 1.79. The van der Waals surface area contributed by atoms with Crippen molar-refractivity contribution < 1.29 is 0 Å². The minimum Gasteiger partial charge on any atom is -0.295 e. The highest BCUT2D eigenvalue weighted by Crippen LogP contribution is 2.14. The van der Waals surface area contributed by atoms with Gasteiger partial charge < -0.3 is 0 Å². The van der Waals surface area contributed by atoms with Gasteiger partial charge in [-0.3, -0.25) is 9.89 Å². The maximum Gasteiger partial charge on any atom is 0.274 e. The Balaban J connectivity index is 2.61. The summed E-state index contributed by atoms with van der Waals surface area (Å²) in [6.45, 7) is 3.91. The molecule has 0 aliphatic carbocycles. The van der Waals surface area contributed by atoms with Gasteiger partial charge in [-0.25, -0.2) is 4.68 Å². The van der Waals surface area contributed by atoms with Crippen LogP contribution in [-0.4, -0.2) is 9.78 Å². The number of halogens is 1. The molecule has 0 radical (unpaired) electrons. The van der Waals surface area contributed by atoms with Crippen molar-refractivity contribution in [2.24, 2.45) is 0 Å². The van der Waals surface area contributed by atoms with Crippen LogP contribution >= 0.6 is 15.9 Å². The third kappa shape index (κ3) is 1.85. The molecule has 1 N–H and O–H groups in total. The molecule has 1 aromatic heterocycles. The molecule has 0 fully saturated rings. The number of hydrogen-bond donors (Lipinski definition) is 1. The molecule has 0 aliphatic heterocycles. The minimum absolute atomic E-state index is 0.0399. The predicted molar refractivity (Wildman–Crippen MR) is 68.2 cm³/mol. The van der Waals surface area contributed by atoms with E-state index in [2.05, 4.69) is 21.0 Å². The second kappa shape index (κ2) is 4.29. The number of nitrogens with zero attached hydrogens (tertiary/aromatic N) is 1. The molecule has 16 heavy (non-hydrogen) atoms. The highest BCUT2D eigenvalue weighted by Gasteiger charge is 2.10. The van der Waals surface area contributed by atoms with Gasteiger partial charge in [-0.1, -0.05) is 28.9 Å². The molecular formula is C12H13BrN2O. The van der Waals surface area contributed by atoms with E-state index >= 15 is 0 Å². The molecule has 84 valence electrons. The average Bonchev–Trinajstić information content (AvgIpc) is 2.54. The molecule has 0 atom stereocenters. The van der Waals surface area contributed by atoms with E-state index in [1.165, 1.54) is 0 Å². The van der Waals surface area contributed by atoms with Crippen LogP contribution in [0.15, 0.2) is 33.5 Å². The summed E-state index contributed by atoms with van der Waals surface area (Å²) in [5, 5.41) is 3.09. The summed E-state index contributed by atoms with van der Waals surface area (Å²) in [6.07, 6.45) is 0.752. The van der Waals surface area contributed by atoms with Crippen LogP contribution in [-0.2, 0) is 6.42 Å². The first kappa shape index (κ1) is 11.2. The van der Waals surface area contributed by atoms with Gasteiger partial charge in [0.25, 0.3) is 5.56 Å². The van der Waals surface area contributed by atoms with Crippen molar-refractivity contribution in [2.45, 2.75) is 20.3 Å². The second-order valence-electron chi connectivity index (χ2n) is 3.69. The predicted octanol–water partition coefficient (Wildman–Crippen LogP) is 2.80. The topological polar surface area (TPSA) is 37.8 Å². The third-order valence-electron chi connectivity index (χ3n) is 2.61. The maximum absolute atomic E-state index is 12.0. The van der Waals surface area contributed by atoms with Crippen LogP contribution in [0.3, 0.4) is 0 Å². The summed E-state index contributed by atoms with van der Waals surface area (Å²) in [5.41, 5.74) is 2.67. The smallest absolute Gasteiger partial charge is 0.274 e. The average molecular weight is 281 g/mol. The van der Waals surface area contributed by atoms with Crippen molar-refractivity contribution >= 4 is 15.9 Å². The third-order valence-corrected chi connectivity index (χ3v) is 3.11. The lowest BCUT2D eigenvalue weighted by molar-refractivity contribution is 0.834. The number of aryl methyl sites for hydroxylation is 1. The zero-order valence-corrected chi connectivity index (χ0v) is 10.8.